The van der Waals surface area contributed by atoms with Gasteiger partial charge in [-0.1, -0.05) is 18.2 Å². The van der Waals surface area contributed by atoms with Gasteiger partial charge in [-0.2, -0.15) is 4.98 Å². The molecule has 146 valence electrons. The zero-order valence-electron chi connectivity index (χ0n) is 15.5. The highest BCUT2D eigenvalue weighted by Gasteiger charge is 2.25. The number of ether oxygens (including phenoxy) is 3. The van der Waals surface area contributed by atoms with Crippen LogP contribution in [0.25, 0.3) is 11.1 Å². The molecule has 0 spiro atoms. The first-order valence-electron chi connectivity index (χ1n) is 9.01. The number of carbonyl (C=O) groups excluding carboxylic acids is 1. The molecule has 1 amide bonds. The van der Waals surface area contributed by atoms with Crippen LogP contribution in [0.1, 0.15) is 0 Å². The van der Waals surface area contributed by atoms with E-state index in [2.05, 4.69) is 10.3 Å². The van der Waals surface area contributed by atoms with Crippen molar-refractivity contribution in [2.75, 3.05) is 43.6 Å². The van der Waals surface area contributed by atoms with Gasteiger partial charge in [-0.25, -0.2) is 4.79 Å². The van der Waals surface area contributed by atoms with Crippen LogP contribution in [0.5, 0.6) is 5.75 Å². The lowest BCUT2D eigenvalue weighted by Crippen LogP contribution is -2.36. The number of rotatable bonds is 4. The van der Waals surface area contributed by atoms with E-state index in [1.165, 1.54) is 0 Å². The molecular formula is C20H21N3O5. The van der Waals surface area contributed by atoms with E-state index in [4.69, 9.17) is 18.6 Å². The van der Waals surface area contributed by atoms with E-state index in [0.29, 0.717) is 43.8 Å². The van der Waals surface area contributed by atoms with Gasteiger partial charge >= 0.3 is 6.09 Å². The molecule has 1 aromatic heterocycles. The smallest absolute Gasteiger partial charge is 0.412 e. The van der Waals surface area contributed by atoms with E-state index < -0.39 is 12.2 Å². The maximum Gasteiger partial charge on any atom is 0.412 e. The fraction of sp³-hybridized carbons (Fsp3) is 0.300. The second-order valence-corrected chi connectivity index (χ2v) is 6.37. The molecule has 28 heavy (non-hydrogen) atoms. The lowest BCUT2D eigenvalue weighted by atomic mass is 10.3. The Morgan fingerprint density at radius 3 is 3.00 bits per heavy atom. The number of nitrogens with one attached hydrogen (secondary N) is 1. The number of hydrogen-bond acceptors (Lipinski definition) is 7. The van der Waals surface area contributed by atoms with E-state index in [9.17, 15) is 4.79 Å². The van der Waals surface area contributed by atoms with Gasteiger partial charge in [-0.3, -0.25) is 5.32 Å². The summed E-state index contributed by atoms with van der Waals surface area (Å²) in [5.74, 6) is 0.651. The maximum absolute atomic E-state index is 12.3. The summed E-state index contributed by atoms with van der Waals surface area (Å²) in [4.78, 5) is 18.7. The largest absolute Gasteiger partial charge is 0.497 e. The molecule has 0 radical (unpaired) electrons. The first-order valence-corrected chi connectivity index (χ1v) is 9.01. The summed E-state index contributed by atoms with van der Waals surface area (Å²) in [6.45, 7) is 1.83. The topological polar surface area (TPSA) is 86.1 Å². The molecule has 8 nitrogen and oxygen atoms in total. The number of para-hydroxylation sites is 2. The average molecular weight is 383 g/mol. The number of aromatic nitrogens is 1. The van der Waals surface area contributed by atoms with Gasteiger partial charge in [-0.05, 0) is 24.3 Å². The molecule has 3 aromatic rings. The Morgan fingerprint density at radius 2 is 2.14 bits per heavy atom. The lowest BCUT2D eigenvalue weighted by molar-refractivity contribution is 0.0443. The Morgan fingerprint density at radius 1 is 1.25 bits per heavy atom. The number of nitrogens with zero attached hydrogens (tertiary/aromatic N) is 2. The van der Waals surface area contributed by atoms with Crippen LogP contribution in [0, 0.1) is 0 Å². The lowest BCUT2D eigenvalue weighted by Gasteiger charge is -2.22. The number of methoxy groups -OCH3 is 1. The second-order valence-electron chi connectivity index (χ2n) is 6.37. The predicted molar refractivity (Wildman–Crippen MR) is 104 cm³/mol. The van der Waals surface area contributed by atoms with Crippen LogP contribution >= 0.6 is 0 Å². The molecule has 2 aromatic carbocycles. The Balaban J connectivity index is 1.41. The van der Waals surface area contributed by atoms with Gasteiger partial charge in [0.25, 0.3) is 6.01 Å². The summed E-state index contributed by atoms with van der Waals surface area (Å²) in [6.07, 6.45) is -1.01. The Hall–Kier alpha value is -3.26. The van der Waals surface area contributed by atoms with Crippen LogP contribution in [-0.2, 0) is 9.47 Å². The second kappa shape index (κ2) is 8.18. The highest BCUT2D eigenvalue weighted by molar-refractivity contribution is 5.85. The molecule has 1 fully saturated rings. The molecule has 0 saturated carbocycles. The van der Waals surface area contributed by atoms with E-state index in [1.807, 2.05) is 29.2 Å². The molecule has 1 aliphatic rings. The molecule has 0 bridgehead atoms. The first-order chi connectivity index (χ1) is 13.7. The summed E-state index contributed by atoms with van der Waals surface area (Å²) in [6, 6.07) is 15.1. The van der Waals surface area contributed by atoms with E-state index in [1.54, 1.807) is 31.4 Å². The number of amides is 1. The molecule has 1 atom stereocenters. The molecular weight excluding hydrogens is 362 g/mol. The number of carbonyl (C=O) groups is 1. The predicted octanol–water partition coefficient (Wildman–Crippen LogP) is 3.29. The first kappa shape index (κ1) is 18.1. The third kappa shape index (κ3) is 4.17. The molecule has 0 aliphatic carbocycles. The molecule has 1 aliphatic heterocycles. The molecule has 1 saturated heterocycles. The van der Waals surface area contributed by atoms with Crippen molar-refractivity contribution in [2.24, 2.45) is 0 Å². The minimum Gasteiger partial charge on any atom is -0.497 e. The fourth-order valence-electron chi connectivity index (χ4n) is 3.02. The molecule has 4 rings (SSSR count). The van der Waals surface area contributed by atoms with Crippen molar-refractivity contribution in [1.82, 2.24) is 4.98 Å². The van der Waals surface area contributed by atoms with Gasteiger partial charge < -0.3 is 23.5 Å². The van der Waals surface area contributed by atoms with Gasteiger partial charge in [0.2, 0.25) is 0 Å². The Labute approximate surface area is 162 Å². The van der Waals surface area contributed by atoms with Gasteiger partial charge in [0.1, 0.15) is 17.4 Å². The minimum atomic E-state index is -0.554. The summed E-state index contributed by atoms with van der Waals surface area (Å²) in [5.41, 5.74) is 2.10. The van der Waals surface area contributed by atoms with Crippen molar-refractivity contribution in [2.45, 2.75) is 6.10 Å². The minimum absolute atomic E-state index is 0.308. The SMILES string of the molecule is COc1cccc(NC(=O)O[C@H]2COCCN(c3nc4ccccc4o3)C2)c1. The zero-order valence-corrected chi connectivity index (χ0v) is 15.5. The normalized spacial score (nSPS) is 17.2. The Bertz CT molecular complexity index is 925. The summed E-state index contributed by atoms with van der Waals surface area (Å²) >= 11 is 0. The number of benzene rings is 2. The van der Waals surface area contributed by atoms with Gasteiger partial charge in [0, 0.05) is 18.3 Å². The number of fused-ring (bicyclic) bond motifs is 1. The zero-order chi connectivity index (χ0) is 19.3. The van der Waals surface area contributed by atoms with Crippen molar-refractivity contribution in [3.05, 3.63) is 48.5 Å². The standard InChI is InChI=1S/C20H21N3O5/c1-25-15-6-4-5-14(11-15)21-20(24)27-16-12-23(9-10-26-13-16)19-22-17-7-2-3-8-18(17)28-19/h2-8,11,16H,9-10,12-13H2,1H3,(H,21,24)/t16-/m1/s1. The maximum atomic E-state index is 12.3. The summed E-state index contributed by atoms with van der Waals surface area (Å²) < 4.78 is 22.1. The highest BCUT2D eigenvalue weighted by atomic mass is 16.6. The third-order valence-corrected chi connectivity index (χ3v) is 4.38. The molecule has 8 heteroatoms. The van der Waals surface area contributed by atoms with Crippen LogP contribution in [0.2, 0.25) is 0 Å². The van der Waals surface area contributed by atoms with Crippen LogP contribution in [0.4, 0.5) is 16.5 Å². The number of anilines is 2. The van der Waals surface area contributed by atoms with Crippen molar-refractivity contribution >= 4 is 28.9 Å². The molecule has 0 unspecified atom stereocenters. The van der Waals surface area contributed by atoms with Crippen LogP contribution < -0.4 is 15.0 Å². The van der Waals surface area contributed by atoms with E-state index in [-0.39, 0.29) is 0 Å². The van der Waals surface area contributed by atoms with Crippen molar-refractivity contribution in [3.8, 4) is 5.75 Å². The van der Waals surface area contributed by atoms with Gasteiger partial charge in [-0.15, -0.1) is 0 Å². The average Bonchev–Trinajstić information content (AvgIpc) is 3.01. The monoisotopic (exact) mass is 383 g/mol. The van der Waals surface area contributed by atoms with Crippen LogP contribution in [0.15, 0.2) is 52.9 Å². The highest BCUT2D eigenvalue weighted by Crippen LogP contribution is 2.23. The van der Waals surface area contributed by atoms with Crippen LogP contribution in [0.3, 0.4) is 0 Å². The number of oxazole rings is 1. The van der Waals surface area contributed by atoms with Crippen molar-refractivity contribution in [3.63, 3.8) is 0 Å². The molecule has 1 N–H and O–H groups in total. The fourth-order valence-corrected chi connectivity index (χ4v) is 3.02. The summed E-state index contributed by atoms with van der Waals surface area (Å²) in [7, 11) is 1.57. The van der Waals surface area contributed by atoms with E-state index >= 15 is 0 Å². The van der Waals surface area contributed by atoms with Gasteiger partial charge in [0.05, 0.1) is 26.9 Å². The quantitative estimate of drug-likeness (QED) is 0.740. The number of hydrogen-bond donors (Lipinski definition) is 1. The van der Waals surface area contributed by atoms with Crippen molar-refractivity contribution < 1.29 is 23.4 Å². The third-order valence-electron chi connectivity index (χ3n) is 4.38. The molecule has 2 heterocycles. The Kier molecular flexibility index (Phi) is 5.29. The van der Waals surface area contributed by atoms with Crippen molar-refractivity contribution in [1.29, 1.82) is 0 Å². The van der Waals surface area contributed by atoms with E-state index in [0.717, 1.165) is 11.1 Å². The van der Waals surface area contributed by atoms with Gasteiger partial charge in [0.15, 0.2) is 5.58 Å². The van der Waals surface area contributed by atoms with Crippen LogP contribution in [-0.4, -0.2) is 50.6 Å². The summed E-state index contributed by atoms with van der Waals surface area (Å²) in [5, 5.41) is 2.71.